The van der Waals surface area contributed by atoms with E-state index in [-0.39, 0.29) is 0 Å². The third-order valence-electron chi connectivity index (χ3n) is 0.262. The van der Waals surface area contributed by atoms with Crippen LogP contribution in [0.15, 0.2) is 12.3 Å². The molecule has 0 radical (unpaired) electrons. The van der Waals surface area contributed by atoms with E-state index in [1.165, 1.54) is 0 Å². The summed E-state index contributed by atoms with van der Waals surface area (Å²) in [5.41, 5.74) is 2.39. The minimum atomic E-state index is 0.462. The summed E-state index contributed by atoms with van der Waals surface area (Å²) in [4.78, 5) is 0. The van der Waals surface area contributed by atoms with Crippen LogP contribution in [0.3, 0.4) is 0 Å². The molecule has 0 unspecified atom stereocenters. The van der Waals surface area contributed by atoms with Crippen LogP contribution in [0.4, 0.5) is 0 Å². The molecule has 0 atom stereocenters. The van der Waals surface area contributed by atoms with Crippen molar-refractivity contribution in [2.24, 2.45) is 0 Å². The largest absolute Gasteiger partial charge is 0.328 e. The van der Waals surface area contributed by atoms with Crippen molar-refractivity contribution in [1.82, 2.24) is 0 Å². The maximum atomic E-state index is 7.98. The lowest BCUT2D eigenvalue weighted by Crippen LogP contribution is -1.61. The second-order valence-electron chi connectivity index (χ2n) is 0.627. The topological polar surface area (TPSA) is 20.2 Å². The second kappa shape index (κ2) is 4.74. The van der Waals surface area contributed by atoms with Crippen LogP contribution in [0.2, 0.25) is 0 Å². The van der Waals surface area contributed by atoms with Gasteiger partial charge in [-0.1, -0.05) is 0 Å². The fourth-order valence-electron chi connectivity index (χ4n) is 0.0833. The summed E-state index contributed by atoms with van der Waals surface area (Å²) >= 11 is 0.713. The highest BCUT2D eigenvalue weighted by Crippen LogP contribution is 1.86. The number of hydrogen-bond acceptors (Lipinski definition) is 2. The van der Waals surface area contributed by atoms with Crippen molar-refractivity contribution in [1.29, 1.82) is 0 Å². The van der Waals surface area contributed by atoms with Crippen LogP contribution in [0.25, 0.3) is 0 Å². The summed E-state index contributed by atoms with van der Waals surface area (Å²) in [6.45, 7) is 3.24. The zero-order valence-electron chi connectivity index (χ0n) is 3.27. The average molecular weight is 101 g/mol. The van der Waals surface area contributed by atoms with Gasteiger partial charge in [-0.15, -0.1) is 0 Å². The molecule has 32 valence electrons. The maximum absolute atomic E-state index is 7.98. The summed E-state index contributed by atoms with van der Waals surface area (Å²) in [7, 11) is 0. The van der Waals surface area contributed by atoms with Gasteiger partial charge < -0.3 is 4.55 Å². The van der Waals surface area contributed by atoms with Gasteiger partial charge in [0.25, 0.3) is 0 Å². The predicted molar refractivity (Wildman–Crippen MR) is 27.5 cm³/mol. The molecule has 0 aromatic rings. The Hall–Kier alpha value is -0.260. The van der Waals surface area contributed by atoms with E-state index in [2.05, 4.69) is 18.4 Å². The van der Waals surface area contributed by atoms with E-state index >= 15 is 0 Å². The van der Waals surface area contributed by atoms with Gasteiger partial charge in [0.2, 0.25) is 0 Å². The van der Waals surface area contributed by atoms with Crippen molar-refractivity contribution in [2.75, 3.05) is 5.75 Å². The lowest BCUT2D eigenvalue weighted by Gasteiger charge is -1.64. The zero-order valence-corrected chi connectivity index (χ0v) is 4.09. The molecule has 1 nitrogen and oxygen atoms in total. The number of hydrogen-bond donors (Lipinski definition) is 1. The van der Waals surface area contributed by atoms with Gasteiger partial charge in [0.05, 0.1) is 6.58 Å². The molecule has 0 saturated heterocycles. The Morgan fingerprint density at radius 2 is 2.67 bits per heavy atom. The second-order valence-corrected chi connectivity index (χ2v) is 1.17. The van der Waals surface area contributed by atoms with Crippen LogP contribution in [0, 0.1) is 6.08 Å². The molecule has 0 rings (SSSR count). The molecular weight excluding hydrogens is 96.1 g/mol. The van der Waals surface area contributed by atoms with Crippen molar-refractivity contribution < 1.29 is 4.55 Å². The van der Waals surface area contributed by atoms with Crippen molar-refractivity contribution in [2.45, 2.75) is 0 Å². The summed E-state index contributed by atoms with van der Waals surface area (Å²) in [6, 6.07) is 0. The molecule has 0 aliphatic heterocycles. The van der Waals surface area contributed by atoms with Crippen LogP contribution in [-0.2, 0) is 0 Å². The lowest BCUT2D eigenvalue weighted by atomic mass is 10.7. The van der Waals surface area contributed by atoms with Crippen molar-refractivity contribution in [3.63, 3.8) is 0 Å². The molecule has 0 amide bonds. The summed E-state index contributed by atoms with van der Waals surface area (Å²) in [6.07, 6.45) is 2.55. The first-order chi connectivity index (χ1) is 2.91. The van der Waals surface area contributed by atoms with Gasteiger partial charge in [-0.2, -0.15) is 0 Å². The van der Waals surface area contributed by atoms with Crippen LogP contribution in [0.1, 0.15) is 0 Å². The van der Waals surface area contributed by atoms with Crippen molar-refractivity contribution in [3.8, 4) is 0 Å². The monoisotopic (exact) mass is 101 g/mol. The molecule has 0 aromatic heterocycles. The fraction of sp³-hybridized carbons (Fsp3) is 0.250. The molecular formula is C4H5OS+. The third-order valence-corrected chi connectivity index (χ3v) is 0.535. The molecule has 0 heterocycles. The van der Waals surface area contributed by atoms with E-state index in [9.17, 15) is 0 Å². The molecule has 0 saturated carbocycles. The van der Waals surface area contributed by atoms with E-state index in [4.69, 9.17) is 4.55 Å². The molecule has 0 aliphatic rings. The van der Waals surface area contributed by atoms with Gasteiger partial charge in [0.1, 0.15) is 11.8 Å². The Balaban J connectivity index is 2.86. The molecule has 0 aliphatic carbocycles. The highest BCUT2D eigenvalue weighted by atomic mass is 32.2. The Morgan fingerprint density at radius 3 is 2.83 bits per heavy atom. The summed E-state index contributed by atoms with van der Waals surface area (Å²) < 4.78 is 7.98. The molecule has 6 heavy (non-hydrogen) atoms. The van der Waals surface area contributed by atoms with Gasteiger partial charge in [-0.25, -0.2) is 0 Å². The van der Waals surface area contributed by atoms with Gasteiger partial charge in [0, 0.05) is 12.0 Å². The molecule has 0 bridgehead atoms. The first-order valence-corrected chi connectivity index (χ1v) is 2.37. The first kappa shape index (κ1) is 5.74. The SMILES string of the molecule is C=C=[C+]CSO. The van der Waals surface area contributed by atoms with E-state index in [0.717, 1.165) is 0 Å². The summed E-state index contributed by atoms with van der Waals surface area (Å²) in [5, 5.41) is 0. The maximum Gasteiger partial charge on any atom is 0.166 e. The minimum Gasteiger partial charge on any atom is -0.328 e. The van der Waals surface area contributed by atoms with E-state index < -0.39 is 0 Å². The standard InChI is InChI=1S/C4H4OS/c1-2-3-4-6-5/h1,4H2/p+1. The zero-order chi connectivity index (χ0) is 4.83. The highest BCUT2D eigenvalue weighted by molar-refractivity contribution is 7.93. The van der Waals surface area contributed by atoms with Gasteiger partial charge in [-0.3, -0.25) is 0 Å². The lowest BCUT2D eigenvalue weighted by molar-refractivity contribution is 0.666. The normalized spacial score (nSPS) is 6.17. The van der Waals surface area contributed by atoms with Crippen molar-refractivity contribution >= 4 is 12.0 Å². The van der Waals surface area contributed by atoms with Gasteiger partial charge in [-0.05, 0) is 0 Å². The molecule has 0 fully saturated rings. The van der Waals surface area contributed by atoms with E-state index in [0.29, 0.717) is 17.8 Å². The van der Waals surface area contributed by atoms with Gasteiger partial charge >= 0.3 is 0 Å². The molecule has 2 heteroatoms. The highest BCUT2D eigenvalue weighted by Gasteiger charge is 1.76. The quantitative estimate of drug-likeness (QED) is 0.322. The van der Waals surface area contributed by atoms with E-state index in [1.807, 2.05) is 0 Å². The fourth-order valence-corrected chi connectivity index (χ4v) is 0.250. The van der Waals surface area contributed by atoms with Crippen LogP contribution in [0.5, 0.6) is 0 Å². The molecule has 0 aromatic carbocycles. The smallest absolute Gasteiger partial charge is 0.166 e. The van der Waals surface area contributed by atoms with Crippen LogP contribution >= 0.6 is 12.0 Å². The Bertz CT molecular complexity index is 63.9. The van der Waals surface area contributed by atoms with Gasteiger partial charge in [0.15, 0.2) is 5.75 Å². The Labute approximate surface area is 41.6 Å². The predicted octanol–water partition coefficient (Wildman–Crippen LogP) is 1.34. The first-order valence-electron chi connectivity index (χ1n) is 1.43. The van der Waals surface area contributed by atoms with Crippen molar-refractivity contribution in [3.05, 3.63) is 18.4 Å². The third kappa shape index (κ3) is 3.74. The van der Waals surface area contributed by atoms with E-state index in [1.54, 1.807) is 0 Å². The summed E-state index contributed by atoms with van der Waals surface area (Å²) in [5.74, 6) is 0.462. The number of rotatable bonds is 2. The minimum absolute atomic E-state index is 0.462. The average Bonchev–Trinajstić information content (AvgIpc) is 1.61. The molecule has 0 spiro atoms. The van der Waals surface area contributed by atoms with Crippen LogP contribution in [-0.4, -0.2) is 10.3 Å². The molecule has 1 N–H and O–H groups in total. The Morgan fingerprint density at radius 1 is 2.00 bits per heavy atom. The Kier molecular flexibility index (Phi) is 4.53. The van der Waals surface area contributed by atoms with Crippen LogP contribution < -0.4 is 0 Å².